The van der Waals surface area contributed by atoms with E-state index in [1.807, 2.05) is 6.07 Å². The molecule has 0 fully saturated rings. The molecule has 1 atom stereocenters. The van der Waals surface area contributed by atoms with Crippen LogP contribution in [0.4, 0.5) is 0 Å². The van der Waals surface area contributed by atoms with Gasteiger partial charge in [0.15, 0.2) is 0 Å². The van der Waals surface area contributed by atoms with Crippen LogP contribution in [-0.2, 0) is 0 Å². The third kappa shape index (κ3) is 1.67. The van der Waals surface area contributed by atoms with Gasteiger partial charge in [-0.3, -0.25) is 4.68 Å². The van der Waals surface area contributed by atoms with Gasteiger partial charge in [-0.05, 0) is 13.8 Å². The zero-order valence-electron chi connectivity index (χ0n) is 7.35. The van der Waals surface area contributed by atoms with Crippen LogP contribution in [0.5, 0.6) is 0 Å². The molecule has 0 spiro atoms. The minimum atomic E-state index is -1.02. The first-order valence-electron chi connectivity index (χ1n) is 3.75. The molecule has 13 heavy (non-hydrogen) atoms. The molecule has 0 saturated heterocycles. The standard InChI is InChI=1S/C8H9N3O2/c1-5(3-9)11-4-7(8(12)13)6(2)10-11/h4-5H,1-2H3,(H,12,13). The van der Waals surface area contributed by atoms with Crippen LogP contribution in [0.25, 0.3) is 0 Å². The Bertz CT molecular complexity index is 375. The fourth-order valence-corrected chi connectivity index (χ4v) is 0.949. The maximum absolute atomic E-state index is 10.6. The summed E-state index contributed by atoms with van der Waals surface area (Å²) < 4.78 is 1.35. The Hall–Kier alpha value is -1.83. The van der Waals surface area contributed by atoms with E-state index in [2.05, 4.69) is 5.10 Å². The van der Waals surface area contributed by atoms with Gasteiger partial charge in [0.1, 0.15) is 11.6 Å². The molecule has 0 aliphatic carbocycles. The number of nitriles is 1. The highest BCUT2D eigenvalue weighted by molar-refractivity contribution is 5.88. The van der Waals surface area contributed by atoms with Gasteiger partial charge in [-0.2, -0.15) is 10.4 Å². The molecule has 0 radical (unpaired) electrons. The van der Waals surface area contributed by atoms with Gasteiger partial charge in [0.2, 0.25) is 0 Å². The van der Waals surface area contributed by atoms with E-state index in [9.17, 15) is 4.79 Å². The van der Waals surface area contributed by atoms with Crippen molar-refractivity contribution in [3.8, 4) is 6.07 Å². The van der Waals surface area contributed by atoms with Crippen LogP contribution in [0.15, 0.2) is 6.20 Å². The van der Waals surface area contributed by atoms with E-state index >= 15 is 0 Å². The van der Waals surface area contributed by atoms with E-state index in [-0.39, 0.29) is 5.56 Å². The van der Waals surface area contributed by atoms with Crippen molar-refractivity contribution < 1.29 is 9.90 Å². The minimum Gasteiger partial charge on any atom is -0.478 e. The third-order valence-electron chi connectivity index (χ3n) is 1.73. The molecule has 5 nitrogen and oxygen atoms in total. The van der Waals surface area contributed by atoms with E-state index in [0.717, 1.165) is 0 Å². The monoisotopic (exact) mass is 179 g/mol. The highest BCUT2D eigenvalue weighted by Crippen LogP contribution is 2.09. The van der Waals surface area contributed by atoms with Gasteiger partial charge in [0, 0.05) is 6.20 Å². The van der Waals surface area contributed by atoms with Crippen LogP contribution in [-0.4, -0.2) is 20.9 Å². The number of carboxylic acids is 1. The number of carbonyl (C=O) groups is 1. The lowest BCUT2D eigenvalue weighted by atomic mass is 10.3. The number of aromatic carboxylic acids is 1. The van der Waals surface area contributed by atoms with Crippen LogP contribution in [0, 0.1) is 18.3 Å². The van der Waals surface area contributed by atoms with E-state index in [0.29, 0.717) is 5.69 Å². The molecular weight excluding hydrogens is 170 g/mol. The van der Waals surface area contributed by atoms with Crippen molar-refractivity contribution in [2.24, 2.45) is 0 Å². The van der Waals surface area contributed by atoms with Crippen molar-refractivity contribution in [1.29, 1.82) is 5.26 Å². The summed E-state index contributed by atoms with van der Waals surface area (Å²) >= 11 is 0. The number of rotatable bonds is 2. The normalized spacial score (nSPS) is 12.1. The Morgan fingerprint density at radius 2 is 2.46 bits per heavy atom. The first-order chi connectivity index (χ1) is 6.06. The summed E-state index contributed by atoms with van der Waals surface area (Å²) in [7, 11) is 0. The lowest BCUT2D eigenvalue weighted by Crippen LogP contribution is -2.02. The van der Waals surface area contributed by atoms with Crippen LogP contribution < -0.4 is 0 Å². The van der Waals surface area contributed by atoms with E-state index < -0.39 is 12.0 Å². The molecule has 1 N–H and O–H groups in total. The quantitative estimate of drug-likeness (QED) is 0.733. The Morgan fingerprint density at radius 3 is 2.85 bits per heavy atom. The molecule has 0 saturated carbocycles. The van der Waals surface area contributed by atoms with Gasteiger partial charge < -0.3 is 5.11 Å². The van der Waals surface area contributed by atoms with Gasteiger partial charge >= 0.3 is 5.97 Å². The SMILES string of the molecule is Cc1nn(C(C)C#N)cc1C(=O)O. The zero-order valence-corrected chi connectivity index (χ0v) is 7.35. The van der Waals surface area contributed by atoms with E-state index in [1.165, 1.54) is 10.9 Å². The summed E-state index contributed by atoms with van der Waals surface area (Å²) in [5, 5.41) is 21.2. The van der Waals surface area contributed by atoms with Crippen LogP contribution >= 0.6 is 0 Å². The molecule has 1 rings (SSSR count). The number of hydrogen-bond acceptors (Lipinski definition) is 3. The third-order valence-corrected chi connectivity index (χ3v) is 1.73. The second-order valence-corrected chi connectivity index (χ2v) is 2.72. The first-order valence-corrected chi connectivity index (χ1v) is 3.75. The number of nitrogens with zero attached hydrogens (tertiary/aromatic N) is 3. The second kappa shape index (κ2) is 3.27. The predicted octanol–water partition coefficient (Wildman–Crippen LogP) is 0.974. The Labute approximate surface area is 75.2 Å². The molecule has 0 amide bonds. The average molecular weight is 179 g/mol. The number of carboxylic acid groups (broad SMARTS) is 1. The van der Waals surface area contributed by atoms with Gasteiger partial charge in [-0.15, -0.1) is 0 Å². The Kier molecular flexibility index (Phi) is 2.33. The fourth-order valence-electron chi connectivity index (χ4n) is 0.949. The predicted molar refractivity (Wildman–Crippen MR) is 44.2 cm³/mol. The highest BCUT2D eigenvalue weighted by Gasteiger charge is 2.13. The van der Waals surface area contributed by atoms with Crippen LogP contribution in [0.3, 0.4) is 0 Å². The summed E-state index contributed by atoms with van der Waals surface area (Å²) in [4.78, 5) is 10.6. The summed E-state index contributed by atoms with van der Waals surface area (Å²) in [5.74, 6) is -1.02. The molecule has 5 heteroatoms. The largest absolute Gasteiger partial charge is 0.478 e. The summed E-state index contributed by atoms with van der Waals surface area (Å²) in [6.45, 7) is 3.25. The molecule has 0 bridgehead atoms. The second-order valence-electron chi connectivity index (χ2n) is 2.72. The van der Waals surface area contributed by atoms with Crippen molar-refractivity contribution in [2.45, 2.75) is 19.9 Å². The summed E-state index contributed by atoms with van der Waals surface area (Å²) in [6, 6.07) is 1.53. The molecule has 0 aliphatic heterocycles. The molecule has 1 unspecified atom stereocenters. The fraction of sp³-hybridized carbons (Fsp3) is 0.375. The molecule has 1 aromatic heterocycles. The highest BCUT2D eigenvalue weighted by atomic mass is 16.4. The Balaban J connectivity index is 3.10. The van der Waals surface area contributed by atoms with Crippen molar-refractivity contribution in [3.05, 3.63) is 17.5 Å². The molecule has 1 heterocycles. The van der Waals surface area contributed by atoms with Crippen LogP contribution in [0.2, 0.25) is 0 Å². The van der Waals surface area contributed by atoms with Crippen molar-refractivity contribution in [3.63, 3.8) is 0 Å². The maximum atomic E-state index is 10.6. The lowest BCUT2D eigenvalue weighted by Gasteiger charge is -1.99. The Morgan fingerprint density at radius 1 is 1.85 bits per heavy atom. The van der Waals surface area contributed by atoms with Crippen LogP contribution in [0.1, 0.15) is 29.0 Å². The van der Waals surface area contributed by atoms with Gasteiger partial charge in [-0.1, -0.05) is 0 Å². The topological polar surface area (TPSA) is 78.9 Å². The molecule has 68 valence electrons. The van der Waals surface area contributed by atoms with Crippen molar-refractivity contribution in [1.82, 2.24) is 9.78 Å². The first kappa shape index (κ1) is 9.26. The van der Waals surface area contributed by atoms with Gasteiger partial charge in [0.25, 0.3) is 0 Å². The van der Waals surface area contributed by atoms with Crippen molar-refractivity contribution >= 4 is 5.97 Å². The molecule has 1 aromatic rings. The number of hydrogen-bond donors (Lipinski definition) is 1. The number of aromatic nitrogens is 2. The average Bonchev–Trinajstić information content (AvgIpc) is 2.46. The summed E-state index contributed by atoms with van der Waals surface area (Å²) in [6.07, 6.45) is 1.37. The van der Waals surface area contributed by atoms with E-state index in [1.54, 1.807) is 13.8 Å². The molecular formula is C8H9N3O2. The number of aryl methyl sites for hydroxylation is 1. The molecule has 0 aliphatic rings. The maximum Gasteiger partial charge on any atom is 0.339 e. The zero-order chi connectivity index (χ0) is 10.0. The molecule has 0 aromatic carbocycles. The smallest absolute Gasteiger partial charge is 0.339 e. The van der Waals surface area contributed by atoms with Gasteiger partial charge in [-0.25, -0.2) is 4.79 Å². The minimum absolute atomic E-state index is 0.141. The summed E-state index contributed by atoms with van der Waals surface area (Å²) in [5.41, 5.74) is 0.566. The van der Waals surface area contributed by atoms with E-state index in [4.69, 9.17) is 10.4 Å². The van der Waals surface area contributed by atoms with Crippen molar-refractivity contribution in [2.75, 3.05) is 0 Å². The lowest BCUT2D eigenvalue weighted by molar-refractivity contribution is 0.0696. The van der Waals surface area contributed by atoms with Gasteiger partial charge in [0.05, 0.1) is 11.8 Å².